The standard InChI is InChI=1S/C26H32N2.C3H8.C2H6/c1-26(23-13-4-5-14-23)19-27-25-22(12-7-15-24(25)26)18-21-10-6-9-20(17-21)11-8-16-28(2)3;1-3-2;1-2/h4,6-7,9-10,12-15,17,24H,5,8,11,16,18-19H2,1-3H3;3H2,1-2H3;1-2H3. The lowest BCUT2D eigenvalue weighted by Crippen LogP contribution is -2.32. The number of fused-ring (bicyclic) bond motifs is 1. The van der Waals surface area contributed by atoms with Crippen LogP contribution >= 0.6 is 0 Å². The van der Waals surface area contributed by atoms with Crippen LogP contribution in [-0.2, 0) is 12.8 Å². The highest BCUT2D eigenvalue weighted by molar-refractivity contribution is 6.06. The van der Waals surface area contributed by atoms with E-state index in [1.165, 1.54) is 40.8 Å². The lowest BCUT2D eigenvalue weighted by molar-refractivity contribution is 0.398. The van der Waals surface area contributed by atoms with Gasteiger partial charge in [-0.1, -0.05) is 102 Å². The van der Waals surface area contributed by atoms with Gasteiger partial charge in [-0.05, 0) is 68.6 Å². The first-order chi connectivity index (χ1) is 16.0. The van der Waals surface area contributed by atoms with Crippen LogP contribution in [0.25, 0.3) is 0 Å². The van der Waals surface area contributed by atoms with Gasteiger partial charge in [0.2, 0.25) is 0 Å². The maximum Gasteiger partial charge on any atom is 0.0496 e. The molecule has 0 aromatic heterocycles. The molecule has 0 fully saturated rings. The van der Waals surface area contributed by atoms with Crippen molar-refractivity contribution in [3.8, 4) is 0 Å². The first-order valence-electron chi connectivity index (χ1n) is 13.0. The van der Waals surface area contributed by atoms with Crippen LogP contribution in [0.4, 0.5) is 0 Å². The number of benzene rings is 1. The molecule has 0 saturated carbocycles. The molecule has 4 rings (SSSR count). The Morgan fingerprint density at radius 3 is 2.52 bits per heavy atom. The Hall–Kier alpha value is -2.19. The van der Waals surface area contributed by atoms with E-state index in [1.54, 1.807) is 0 Å². The van der Waals surface area contributed by atoms with Crippen LogP contribution in [0.15, 0.2) is 76.9 Å². The van der Waals surface area contributed by atoms with Crippen molar-refractivity contribution >= 4 is 5.71 Å². The SMILES string of the molecule is CC.CCC.CN(C)CCCc1cccc(CC2=CC=CC3C2=NCC3(C)C2=CCC=C2)c1. The van der Waals surface area contributed by atoms with Crippen LogP contribution in [0.2, 0.25) is 0 Å². The molecule has 1 aliphatic heterocycles. The Balaban J connectivity index is 0.000000714. The van der Waals surface area contributed by atoms with Crippen molar-refractivity contribution in [3.05, 3.63) is 83.0 Å². The van der Waals surface area contributed by atoms with Gasteiger partial charge in [0.15, 0.2) is 0 Å². The molecule has 1 aromatic rings. The molecule has 2 aliphatic carbocycles. The summed E-state index contributed by atoms with van der Waals surface area (Å²) in [6.07, 6.45) is 19.5. The van der Waals surface area contributed by atoms with Gasteiger partial charge >= 0.3 is 0 Å². The van der Waals surface area contributed by atoms with Crippen LogP contribution in [0.1, 0.15) is 65.0 Å². The summed E-state index contributed by atoms with van der Waals surface area (Å²) in [7, 11) is 4.28. The van der Waals surface area contributed by atoms with Crippen molar-refractivity contribution < 1.29 is 0 Å². The number of rotatable bonds is 7. The van der Waals surface area contributed by atoms with Gasteiger partial charge in [0, 0.05) is 23.6 Å². The number of hydrogen-bond donors (Lipinski definition) is 0. The molecule has 2 heteroatoms. The van der Waals surface area contributed by atoms with Crippen molar-refractivity contribution in [2.24, 2.45) is 16.3 Å². The number of nitrogens with zero attached hydrogens (tertiary/aromatic N) is 2. The summed E-state index contributed by atoms with van der Waals surface area (Å²) in [4.78, 5) is 7.30. The molecular weight excluding hydrogens is 400 g/mol. The van der Waals surface area contributed by atoms with Gasteiger partial charge in [0.25, 0.3) is 0 Å². The minimum Gasteiger partial charge on any atom is -0.309 e. The van der Waals surface area contributed by atoms with Gasteiger partial charge < -0.3 is 4.90 Å². The minimum atomic E-state index is 0.117. The van der Waals surface area contributed by atoms with Crippen LogP contribution in [0.5, 0.6) is 0 Å². The summed E-state index contributed by atoms with van der Waals surface area (Å²) in [5.74, 6) is 0.407. The number of aliphatic imine (C=N–C) groups is 1. The Morgan fingerprint density at radius 1 is 1.12 bits per heavy atom. The smallest absolute Gasteiger partial charge is 0.0496 e. The van der Waals surface area contributed by atoms with Crippen LogP contribution in [0.3, 0.4) is 0 Å². The monoisotopic (exact) mass is 446 g/mol. The molecule has 0 bridgehead atoms. The topological polar surface area (TPSA) is 15.6 Å². The summed E-state index contributed by atoms with van der Waals surface area (Å²) < 4.78 is 0. The van der Waals surface area contributed by atoms with E-state index < -0.39 is 0 Å². The molecule has 0 saturated heterocycles. The van der Waals surface area contributed by atoms with Crippen molar-refractivity contribution in [2.75, 3.05) is 27.2 Å². The highest BCUT2D eigenvalue weighted by atomic mass is 15.0. The Bertz CT molecular complexity index is 897. The second-order valence-corrected chi connectivity index (χ2v) is 9.58. The average Bonchev–Trinajstić information content (AvgIpc) is 3.46. The summed E-state index contributed by atoms with van der Waals surface area (Å²) >= 11 is 0. The quantitative estimate of drug-likeness (QED) is 0.420. The van der Waals surface area contributed by atoms with Gasteiger partial charge in [-0.2, -0.15) is 0 Å². The summed E-state index contributed by atoms with van der Waals surface area (Å²) in [6, 6.07) is 9.13. The normalized spacial score (nSPS) is 22.5. The Kier molecular flexibility index (Phi) is 11.1. The second kappa shape index (κ2) is 13.5. The highest BCUT2D eigenvalue weighted by Gasteiger charge is 2.44. The maximum atomic E-state index is 5.04. The molecule has 180 valence electrons. The van der Waals surface area contributed by atoms with Crippen LogP contribution < -0.4 is 0 Å². The number of aryl methyl sites for hydroxylation is 1. The van der Waals surface area contributed by atoms with E-state index in [1.807, 2.05) is 13.8 Å². The van der Waals surface area contributed by atoms with E-state index in [4.69, 9.17) is 4.99 Å². The van der Waals surface area contributed by atoms with Crippen LogP contribution in [0, 0.1) is 11.3 Å². The highest BCUT2D eigenvalue weighted by Crippen LogP contribution is 2.46. The minimum absolute atomic E-state index is 0.117. The maximum absolute atomic E-state index is 5.04. The van der Waals surface area contributed by atoms with E-state index in [0.717, 1.165) is 32.4 Å². The third-order valence-electron chi connectivity index (χ3n) is 6.38. The zero-order chi connectivity index (χ0) is 24.3. The fourth-order valence-electron chi connectivity index (χ4n) is 4.74. The van der Waals surface area contributed by atoms with Crippen LogP contribution in [-0.4, -0.2) is 37.8 Å². The first kappa shape index (κ1) is 27.1. The van der Waals surface area contributed by atoms with Gasteiger partial charge in [-0.15, -0.1) is 0 Å². The van der Waals surface area contributed by atoms with E-state index in [9.17, 15) is 0 Å². The van der Waals surface area contributed by atoms with Gasteiger partial charge in [-0.25, -0.2) is 0 Å². The van der Waals surface area contributed by atoms with Crippen molar-refractivity contribution in [2.45, 2.75) is 66.7 Å². The number of allylic oxidation sites excluding steroid dienone is 7. The molecule has 2 unspecified atom stereocenters. The van der Waals surface area contributed by atoms with Crippen molar-refractivity contribution in [3.63, 3.8) is 0 Å². The molecule has 3 aliphatic rings. The molecule has 1 heterocycles. The molecule has 0 radical (unpaired) electrons. The van der Waals surface area contributed by atoms with E-state index in [-0.39, 0.29) is 5.41 Å². The second-order valence-electron chi connectivity index (χ2n) is 9.58. The summed E-state index contributed by atoms with van der Waals surface area (Å²) in [5.41, 5.74) is 7.13. The first-order valence-corrected chi connectivity index (χ1v) is 13.0. The van der Waals surface area contributed by atoms with Gasteiger partial charge in [0.1, 0.15) is 0 Å². The van der Waals surface area contributed by atoms with E-state index in [0.29, 0.717) is 5.92 Å². The predicted molar refractivity (Wildman–Crippen MR) is 147 cm³/mol. The molecule has 0 N–H and O–H groups in total. The third kappa shape index (κ3) is 7.14. The van der Waals surface area contributed by atoms with E-state index in [2.05, 4.69) is 100 Å². The number of hydrogen-bond acceptors (Lipinski definition) is 2. The molecule has 2 nitrogen and oxygen atoms in total. The Labute approximate surface area is 203 Å². The molecule has 33 heavy (non-hydrogen) atoms. The zero-order valence-electron chi connectivity index (χ0n) is 22.2. The zero-order valence-corrected chi connectivity index (χ0v) is 22.2. The lowest BCUT2D eigenvalue weighted by atomic mass is 9.69. The van der Waals surface area contributed by atoms with Gasteiger partial charge in [-0.3, -0.25) is 4.99 Å². The van der Waals surface area contributed by atoms with Gasteiger partial charge in [0.05, 0.1) is 0 Å². The molecule has 0 amide bonds. The molecular formula is C31H46N2. The molecule has 0 spiro atoms. The molecule has 2 atom stereocenters. The third-order valence-corrected chi connectivity index (χ3v) is 6.38. The Morgan fingerprint density at radius 2 is 1.85 bits per heavy atom. The largest absolute Gasteiger partial charge is 0.309 e. The summed E-state index contributed by atoms with van der Waals surface area (Å²) in [6.45, 7) is 12.7. The fourth-order valence-corrected chi connectivity index (χ4v) is 4.74. The van der Waals surface area contributed by atoms with Crippen molar-refractivity contribution in [1.29, 1.82) is 0 Å². The average molecular weight is 447 g/mol. The summed E-state index contributed by atoms with van der Waals surface area (Å²) in [5, 5.41) is 0. The van der Waals surface area contributed by atoms with Crippen molar-refractivity contribution in [1.82, 2.24) is 4.90 Å². The predicted octanol–water partition coefficient (Wildman–Crippen LogP) is 7.63. The molecule has 1 aromatic carbocycles. The fraction of sp³-hybridized carbons (Fsp3) is 0.516. The van der Waals surface area contributed by atoms with E-state index >= 15 is 0 Å². The lowest BCUT2D eigenvalue weighted by Gasteiger charge is -2.32.